The molecule has 23 heavy (non-hydrogen) atoms. The lowest BCUT2D eigenvalue weighted by Gasteiger charge is -2.29. The predicted octanol–water partition coefficient (Wildman–Crippen LogP) is 5.77. The number of rotatable bonds is 13. The molecule has 0 spiro atoms. The second-order valence-corrected chi connectivity index (χ2v) is 7.55. The Balaban J connectivity index is 1.82. The molecule has 0 aliphatic heterocycles. The first-order chi connectivity index (χ1) is 11.2. The van der Waals surface area contributed by atoms with Crippen LogP contribution in [0.1, 0.15) is 103 Å². The molecule has 1 rings (SSSR count). The molecule has 0 amide bonds. The minimum Gasteiger partial charge on any atom is -0.393 e. The third-order valence-electron chi connectivity index (χ3n) is 5.13. The highest BCUT2D eigenvalue weighted by molar-refractivity contribution is 4.81. The van der Waals surface area contributed by atoms with Crippen molar-refractivity contribution in [2.24, 2.45) is 5.92 Å². The molecule has 0 saturated heterocycles. The SMILES string of the molecule is CCCC/C=C\CCCCCCCCC[C@@H]1C[C@H](O)C[C@H](O)C1. The number of allylic oxidation sites excluding steroid dienone is 2. The average molecular weight is 325 g/mol. The maximum absolute atomic E-state index is 9.69. The number of aliphatic hydroxyl groups is 2. The fourth-order valence-electron chi connectivity index (χ4n) is 3.74. The normalized spacial score (nSPS) is 25.3. The van der Waals surface area contributed by atoms with Crippen LogP contribution in [0.25, 0.3) is 0 Å². The zero-order chi connectivity index (χ0) is 16.8. The number of aliphatic hydroxyl groups excluding tert-OH is 2. The average Bonchev–Trinajstić information content (AvgIpc) is 2.51. The molecule has 2 N–H and O–H groups in total. The molecule has 1 fully saturated rings. The van der Waals surface area contributed by atoms with Crippen molar-refractivity contribution in [3.63, 3.8) is 0 Å². The Morgan fingerprint density at radius 2 is 1.22 bits per heavy atom. The van der Waals surface area contributed by atoms with Gasteiger partial charge in [-0.3, -0.25) is 0 Å². The fraction of sp³-hybridized carbons (Fsp3) is 0.905. The van der Waals surface area contributed by atoms with Crippen molar-refractivity contribution in [2.45, 2.75) is 115 Å². The molecule has 0 heterocycles. The fourth-order valence-corrected chi connectivity index (χ4v) is 3.74. The monoisotopic (exact) mass is 324 g/mol. The molecular formula is C21H40O2. The van der Waals surface area contributed by atoms with Gasteiger partial charge in [-0.15, -0.1) is 0 Å². The lowest BCUT2D eigenvalue weighted by atomic mass is 9.82. The van der Waals surface area contributed by atoms with Crippen molar-refractivity contribution in [1.29, 1.82) is 0 Å². The molecule has 0 unspecified atom stereocenters. The van der Waals surface area contributed by atoms with Crippen LogP contribution in [0.2, 0.25) is 0 Å². The molecule has 1 aliphatic carbocycles. The van der Waals surface area contributed by atoms with Gasteiger partial charge in [-0.25, -0.2) is 0 Å². The van der Waals surface area contributed by atoms with Crippen LogP contribution >= 0.6 is 0 Å². The van der Waals surface area contributed by atoms with Crippen molar-refractivity contribution >= 4 is 0 Å². The highest BCUT2D eigenvalue weighted by Gasteiger charge is 2.25. The first-order valence-electron chi connectivity index (χ1n) is 10.2. The van der Waals surface area contributed by atoms with Gasteiger partial charge in [0.15, 0.2) is 0 Å². The molecule has 0 aromatic carbocycles. The van der Waals surface area contributed by atoms with E-state index in [-0.39, 0.29) is 12.2 Å². The number of hydrogen-bond acceptors (Lipinski definition) is 2. The van der Waals surface area contributed by atoms with Crippen molar-refractivity contribution in [2.75, 3.05) is 0 Å². The third kappa shape index (κ3) is 11.8. The molecule has 136 valence electrons. The van der Waals surface area contributed by atoms with Crippen LogP contribution in [0.5, 0.6) is 0 Å². The van der Waals surface area contributed by atoms with E-state index in [4.69, 9.17) is 0 Å². The standard InChI is InChI=1S/C21H40O2/c1-2-3-4-5-6-7-8-9-10-11-12-13-14-15-19-16-20(22)18-21(23)17-19/h5-6,19-23H,2-4,7-18H2,1H3/b6-5-/t19-,20+,21-. The first kappa shape index (κ1) is 20.7. The third-order valence-corrected chi connectivity index (χ3v) is 5.13. The highest BCUT2D eigenvalue weighted by Crippen LogP contribution is 2.29. The maximum Gasteiger partial charge on any atom is 0.0567 e. The van der Waals surface area contributed by atoms with Crippen LogP contribution in [0.4, 0.5) is 0 Å². The molecule has 2 heteroatoms. The van der Waals surface area contributed by atoms with Gasteiger partial charge in [-0.1, -0.05) is 76.9 Å². The smallest absolute Gasteiger partial charge is 0.0567 e. The van der Waals surface area contributed by atoms with Gasteiger partial charge in [0, 0.05) is 0 Å². The molecule has 1 saturated carbocycles. The summed E-state index contributed by atoms with van der Waals surface area (Å²) in [6.45, 7) is 2.25. The number of unbranched alkanes of at least 4 members (excludes halogenated alkanes) is 9. The Bertz CT molecular complexity index is 278. The van der Waals surface area contributed by atoms with E-state index >= 15 is 0 Å². The summed E-state index contributed by atoms with van der Waals surface area (Å²) in [7, 11) is 0. The largest absolute Gasteiger partial charge is 0.393 e. The van der Waals surface area contributed by atoms with Crippen molar-refractivity contribution in [3.05, 3.63) is 12.2 Å². The summed E-state index contributed by atoms with van der Waals surface area (Å²) in [5, 5.41) is 19.4. The van der Waals surface area contributed by atoms with E-state index in [9.17, 15) is 10.2 Å². The molecule has 0 aromatic heterocycles. The van der Waals surface area contributed by atoms with Gasteiger partial charge in [0.1, 0.15) is 0 Å². The van der Waals surface area contributed by atoms with Crippen LogP contribution in [-0.2, 0) is 0 Å². The van der Waals surface area contributed by atoms with E-state index in [0.717, 1.165) is 12.8 Å². The van der Waals surface area contributed by atoms with Crippen LogP contribution in [0, 0.1) is 5.92 Å². The van der Waals surface area contributed by atoms with Gasteiger partial charge in [0.05, 0.1) is 12.2 Å². The summed E-state index contributed by atoms with van der Waals surface area (Å²) in [5.74, 6) is 0.549. The first-order valence-corrected chi connectivity index (χ1v) is 10.2. The van der Waals surface area contributed by atoms with Crippen LogP contribution in [0.3, 0.4) is 0 Å². The Morgan fingerprint density at radius 1 is 0.696 bits per heavy atom. The maximum atomic E-state index is 9.69. The van der Waals surface area contributed by atoms with Crippen molar-refractivity contribution in [3.8, 4) is 0 Å². The summed E-state index contributed by atoms with van der Waals surface area (Å²) in [5.41, 5.74) is 0. The van der Waals surface area contributed by atoms with E-state index in [1.165, 1.54) is 77.0 Å². The van der Waals surface area contributed by atoms with Gasteiger partial charge in [-0.2, -0.15) is 0 Å². The van der Waals surface area contributed by atoms with Crippen molar-refractivity contribution < 1.29 is 10.2 Å². The summed E-state index contributed by atoms with van der Waals surface area (Å²) < 4.78 is 0. The Hall–Kier alpha value is -0.340. The Kier molecular flexibility index (Phi) is 12.6. The topological polar surface area (TPSA) is 40.5 Å². The van der Waals surface area contributed by atoms with E-state index in [2.05, 4.69) is 19.1 Å². The van der Waals surface area contributed by atoms with Gasteiger partial charge < -0.3 is 10.2 Å². The van der Waals surface area contributed by atoms with E-state index < -0.39 is 0 Å². The van der Waals surface area contributed by atoms with Gasteiger partial charge in [0.2, 0.25) is 0 Å². The zero-order valence-electron chi connectivity index (χ0n) is 15.4. The van der Waals surface area contributed by atoms with Crippen LogP contribution < -0.4 is 0 Å². The summed E-state index contributed by atoms with van der Waals surface area (Å²) in [6.07, 6.45) is 22.3. The zero-order valence-corrected chi connectivity index (χ0v) is 15.4. The van der Waals surface area contributed by atoms with Crippen LogP contribution in [0.15, 0.2) is 12.2 Å². The molecule has 2 nitrogen and oxygen atoms in total. The minimum absolute atomic E-state index is 0.264. The van der Waals surface area contributed by atoms with Gasteiger partial charge in [0.25, 0.3) is 0 Å². The second kappa shape index (κ2) is 14.0. The Labute approximate surface area is 144 Å². The van der Waals surface area contributed by atoms with E-state index in [0.29, 0.717) is 12.3 Å². The molecule has 3 atom stereocenters. The predicted molar refractivity (Wildman–Crippen MR) is 99.6 cm³/mol. The lowest BCUT2D eigenvalue weighted by Crippen LogP contribution is -2.29. The van der Waals surface area contributed by atoms with Gasteiger partial charge >= 0.3 is 0 Å². The summed E-state index contributed by atoms with van der Waals surface area (Å²) in [4.78, 5) is 0. The van der Waals surface area contributed by atoms with Crippen molar-refractivity contribution in [1.82, 2.24) is 0 Å². The summed E-state index contributed by atoms with van der Waals surface area (Å²) >= 11 is 0. The molecule has 1 aliphatic rings. The molecule has 0 bridgehead atoms. The second-order valence-electron chi connectivity index (χ2n) is 7.55. The van der Waals surface area contributed by atoms with Crippen LogP contribution in [-0.4, -0.2) is 22.4 Å². The lowest BCUT2D eigenvalue weighted by molar-refractivity contribution is 0.0118. The molecule has 0 aromatic rings. The molecular weight excluding hydrogens is 284 g/mol. The highest BCUT2D eigenvalue weighted by atomic mass is 16.3. The summed E-state index contributed by atoms with van der Waals surface area (Å²) in [6, 6.07) is 0. The van der Waals surface area contributed by atoms with E-state index in [1.807, 2.05) is 0 Å². The van der Waals surface area contributed by atoms with Gasteiger partial charge in [-0.05, 0) is 44.4 Å². The minimum atomic E-state index is -0.264. The quantitative estimate of drug-likeness (QED) is 0.334. The molecule has 0 radical (unpaired) electrons. The Morgan fingerprint density at radius 3 is 1.83 bits per heavy atom. The number of hydrogen-bond donors (Lipinski definition) is 2. The van der Waals surface area contributed by atoms with E-state index in [1.54, 1.807) is 0 Å².